The van der Waals surface area contributed by atoms with Gasteiger partial charge < -0.3 is 5.32 Å². The predicted molar refractivity (Wildman–Crippen MR) is 85.2 cm³/mol. The van der Waals surface area contributed by atoms with E-state index >= 15 is 0 Å². The Morgan fingerprint density at radius 1 is 1.19 bits per heavy atom. The van der Waals surface area contributed by atoms with Crippen molar-refractivity contribution in [1.82, 2.24) is 9.27 Å². The van der Waals surface area contributed by atoms with Crippen molar-refractivity contribution < 1.29 is 4.79 Å². The second kappa shape index (κ2) is 5.71. The number of rotatable bonds is 2. The van der Waals surface area contributed by atoms with Crippen LogP contribution in [0, 0.1) is 0 Å². The number of hydrogen-bond acceptors (Lipinski definition) is 3. The van der Waals surface area contributed by atoms with Crippen LogP contribution in [0.15, 0.2) is 53.3 Å². The van der Waals surface area contributed by atoms with Gasteiger partial charge in [-0.05, 0) is 35.3 Å². The van der Waals surface area contributed by atoms with E-state index in [1.807, 2.05) is 30.3 Å². The van der Waals surface area contributed by atoms with Crippen LogP contribution in [-0.4, -0.2) is 9.99 Å². The lowest BCUT2D eigenvalue weighted by Gasteiger charge is -2.03. The zero-order chi connectivity index (χ0) is 14.8. The maximum absolute atomic E-state index is 12.2. The predicted octanol–water partition coefficient (Wildman–Crippen LogP) is 3.47. The van der Waals surface area contributed by atoms with Crippen molar-refractivity contribution in [2.24, 2.45) is 0 Å². The Morgan fingerprint density at radius 2 is 1.95 bits per heavy atom. The van der Waals surface area contributed by atoms with Gasteiger partial charge in [0.25, 0.3) is 5.56 Å². The van der Waals surface area contributed by atoms with E-state index in [-0.39, 0.29) is 5.56 Å². The highest BCUT2D eigenvalue weighted by molar-refractivity contribution is 7.14. The lowest BCUT2D eigenvalue weighted by molar-refractivity contribution is 0.243. The Morgan fingerprint density at radius 3 is 2.71 bits per heavy atom. The molecule has 0 radical (unpaired) electrons. The molecule has 0 aliphatic rings. The molecule has 0 saturated heterocycles. The summed E-state index contributed by atoms with van der Waals surface area (Å²) in [6, 6.07) is 14.1. The number of carbonyl (C=O) groups excluding carboxylic acids is 1. The molecule has 1 amide bonds. The number of nitrogens with one attached hydrogen (secondary N) is 1. The van der Waals surface area contributed by atoms with Gasteiger partial charge in [-0.25, -0.2) is 4.79 Å². The Labute approximate surface area is 129 Å². The highest BCUT2D eigenvalue weighted by Gasteiger charge is 2.13. The van der Waals surface area contributed by atoms with E-state index in [1.54, 1.807) is 18.2 Å². The number of hydrogen-bond donors (Lipinski definition) is 1. The minimum Gasteiger partial charge on any atom is -0.333 e. The van der Waals surface area contributed by atoms with Crippen LogP contribution in [0.1, 0.15) is 5.56 Å². The number of carbonyl (C=O) groups is 1. The van der Waals surface area contributed by atoms with Gasteiger partial charge in [-0.3, -0.25) is 4.79 Å². The first-order chi connectivity index (χ1) is 10.1. The fourth-order valence-electron chi connectivity index (χ4n) is 1.98. The fraction of sp³-hybridized carbons (Fsp3) is 0.0667. The number of fused-ring (bicyclic) bond motifs is 1. The van der Waals surface area contributed by atoms with Crippen molar-refractivity contribution in [3.05, 3.63) is 69.5 Å². The minimum atomic E-state index is -0.429. The van der Waals surface area contributed by atoms with Crippen LogP contribution in [0.4, 0.5) is 4.79 Å². The summed E-state index contributed by atoms with van der Waals surface area (Å²) in [5.74, 6) is 0. The number of benzene rings is 2. The van der Waals surface area contributed by atoms with E-state index in [0.29, 0.717) is 21.7 Å². The molecule has 106 valence electrons. The molecule has 3 rings (SSSR count). The molecular formula is C15H11ClN2O2S. The second-order valence-electron chi connectivity index (χ2n) is 4.48. The third kappa shape index (κ3) is 2.84. The van der Waals surface area contributed by atoms with Gasteiger partial charge in [0.15, 0.2) is 0 Å². The highest BCUT2D eigenvalue weighted by atomic mass is 35.5. The summed E-state index contributed by atoms with van der Waals surface area (Å²) in [5.41, 5.74) is 0.653. The zero-order valence-corrected chi connectivity index (χ0v) is 12.4. The summed E-state index contributed by atoms with van der Waals surface area (Å²) in [5, 5.41) is 3.77. The van der Waals surface area contributed by atoms with Crippen LogP contribution >= 0.6 is 23.1 Å². The summed E-state index contributed by atoms with van der Waals surface area (Å²) < 4.78 is 1.81. The number of amides is 1. The third-order valence-electron chi connectivity index (χ3n) is 3.02. The first-order valence-electron chi connectivity index (χ1n) is 6.29. The van der Waals surface area contributed by atoms with Crippen LogP contribution in [0.5, 0.6) is 0 Å². The lowest BCUT2D eigenvalue weighted by Crippen LogP contribution is -2.32. The average molecular weight is 319 g/mol. The Hall–Kier alpha value is -2.11. The Balaban J connectivity index is 1.85. The maximum atomic E-state index is 12.2. The van der Waals surface area contributed by atoms with Crippen molar-refractivity contribution in [2.75, 3.05) is 0 Å². The topological polar surface area (TPSA) is 51.1 Å². The molecule has 0 unspecified atom stereocenters. The highest BCUT2D eigenvalue weighted by Crippen LogP contribution is 2.21. The van der Waals surface area contributed by atoms with Gasteiger partial charge in [-0.1, -0.05) is 41.9 Å². The van der Waals surface area contributed by atoms with Crippen LogP contribution in [0.25, 0.3) is 10.1 Å². The standard InChI is InChI=1S/C15H11ClN2O2S/c16-11-6-7-12-13(8-11)21-18(14(12)19)15(20)17-9-10-4-2-1-3-5-10/h1-8H,9H2,(H,17,20). The van der Waals surface area contributed by atoms with Crippen LogP contribution in [-0.2, 0) is 6.54 Å². The fourth-order valence-corrected chi connectivity index (χ4v) is 3.17. The van der Waals surface area contributed by atoms with Crippen LogP contribution in [0.2, 0.25) is 5.02 Å². The van der Waals surface area contributed by atoms with Crippen molar-refractivity contribution >= 4 is 39.3 Å². The number of halogens is 1. The maximum Gasteiger partial charge on any atom is 0.338 e. The average Bonchev–Trinajstić information content (AvgIpc) is 2.82. The summed E-state index contributed by atoms with van der Waals surface area (Å²) in [6.45, 7) is 0.376. The van der Waals surface area contributed by atoms with Gasteiger partial charge in [0.2, 0.25) is 0 Å². The molecule has 6 heteroatoms. The second-order valence-corrected chi connectivity index (χ2v) is 5.90. The zero-order valence-electron chi connectivity index (χ0n) is 10.9. The SMILES string of the molecule is O=C(NCc1ccccc1)n1sc2cc(Cl)ccc2c1=O. The Kier molecular flexibility index (Phi) is 3.77. The lowest BCUT2D eigenvalue weighted by atomic mass is 10.2. The van der Waals surface area contributed by atoms with Crippen LogP contribution < -0.4 is 10.9 Å². The molecule has 1 N–H and O–H groups in total. The molecule has 0 atom stereocenters. The third-order valence-corrected chi connectivity index (χ3v) is 4.30. The molecule has 1 heterocycles. The molecule has 1 aromatic heterocycles. The first-order valence-corrected chi connectivity index (χ1v) is 7.44. The van der Waals surface area contributed by atoms with E-state index in [1.165, 1.54) is 0 Å². The first kappa shape index (κ1) is 13.9. The molecule has 0 fully saturated rings. The smallest absolute Gasteiger partial charge is 0.333 e. The van der Waals surface area contributed by atoms with E-state index in [2.05, 4.69) is 5.32 Å². The van der Waals surface area contributed by atoms with Crippen molar-refractivity contribution in [1.29, 1.82) is 0 Å². The summed E-state index contributed by atoms with van der Waals surface area (Å²) in [4.78, 5) is 24.3. The van der Waals surface area contributed by atoms with Crippen molar-refractivity contribution in [3.63, 3.8) is 0 Å². The molecule has 21 heavy (non-hydrogen) atoms. The molecule has 0 bridgehead atoms. The molecular weight excluding hydrogens is 308 g/mol. The summed E-state index contributed by atoms with van der Waals surface area (Å²) in [6.07, 6.45) is 0. The summed E-state index contributed by atoms with van der Waals surface area (Å²) >= 11 is 6.98. The quantitative estimate of drug-likeness (QED) is 0.786. The van der Waals surface area contributed by atoms with Gasteiger partial charge in [-0.2, -0.15) is 3.96 Å². The molecule has 0 aliphatic heterocycles. The van der Waals surface area contributed by atoms with E-state index in [9.17, 15) is 9.59 Å². The number of nitrogens with zero attached hydrogens (tertiary/aromatic N) is 1. The monoisotopic (exact) mass is 318 g/mol. The van der Waals surface area contributed by atoms with Crippen molar-refractivity contribution in [2.45, 2.75) is 6.54 Å². The molecule has 3 aromatic rings. The molecule has 0 saturated carbocycles. The van der Waals surface area contributed by atoms with Gasteiger partial charge in [0, 0.05) is 11.6 Å². The van der Waals surface area contributed by atoms with Gasteiger partial charge in [0.05, 0.1) is 10.1 Å². The normalized spacial score (nSPS) is 10.7. The molecule has 4 nitrogen and oxygen atoms in total. The van der Waals surface area contributed by atoms with Crippen molar-refractivity contribution in [3.8, 4) is 0 Å². The molecule has 0 aliphatic carbocycles. The van der Waals surface area contributed by atoms with E-state index < -0.39 is 6.03 Å². The van der Waals surface area contributed by atoms with Gasteiger partial charge >= 0.3 is 6.03 Å². The van der Waals surface area contributed by atoms with Crippen LogP contribution in [0.3, 0.4) is 0 Å². The molecule has 2 aromatic carbocycles. The molecule has 0 spiro atoms. The largest absolute Gasteiger partial charge is 0.338 e. The number of aromatic nitrogens is 1. The summed E-state index contributed by atoms with van der Waals surface area (Å²) in [7, 11) is 0. The minimum absolute atomic E-state index is 0.322. The van der Waals surface area contributed by atoms with Gasteiger partial charge in [0.1, 0.15) is 0 Å². The van der Waals surface area contributed by atoms with Gasteiger partial charge in [-0.15, -0.1) is 0 Å². The Bertz CT molecular complexity index is 855. The van der Waals surface area contributed by atoms with E-state index in [4.69, 9.17) is 11.6 Å². The van der Waals surface area contributed by atoms with E-state index in [0.717, 1.165) is 21.1 Å².